The first-order valence-electron chi connectivity index (χ1n) is 5.80. The molecule has 0 unspecified atom stereocenters. The maximum Gasteiger partial charge on any atom is 0.187 e. The van der Waals surface area contributed by atoms with Crippen LogP contribution in [-0.4, -0.2) is 10.8 Å². The van der Waals surface area contributed by atoms with Crippen LogP contribution >= 0.6 is 11.6 Å². The van der Waals surface area contributed by atoms with Crippen molar-refractivity contribution >= 4 is 23.5 Å². The van der Waals surface area contributed by atoms with Gasteiger partial charge in [-0.15, -0.1) is 0 Å². The van der Waals surface area contributed by atoms with Crippen molar-refractivity contribution in [2.24, 2.45) is 0 Å². The molecule has 2 nitrogen and oxygen atoms in total. The topological polar surface area (TPSA) is 30.0 Å². The summed E-state index contributed by atoms with van der Waals surface area (Å²) >= 11 is 6.05. The van der Waals surface area contributed by atoms with Crippen LogP contribution in [0.1, 0.15) is 15.9 Å². The number of ketones is 1. The average molecular weight is 270 g/mol. The van der Waals surface area contributed by atoms with Crippen molar-refractivity contribution in [2.75, 3.05) is 0 Å². The van der Waals surface area contributed by atoms with Crippen LogP contribution in [0.2, 0.25) is 0 Å². The molecule has 0 bridgehead atoms. The first-order chi connectivity index (χ1) is 9.25. The lowest BCUT2D eigenvalue weighted by atomic mass is 10.1. The maximum atomic E-state index is 11.8. The Hall–Kier alpha value is -2.19. The third-order valence-corrected chi connectivity index (χ3v) is 2.68. The predicted octanol–water partition coefficient (Wildman–Crippen LogP) is 4.10. The fraction of sp³-hybridized carbons (Fsp3) is 0. The van der Waals surface area contributed by atoms with E-state index in [1.807, 2.05) is 30.3 Å². The van der Waals surface area contributed by atoms with Crippen LogP contribution in [-0.2, 0) is 0 Å². The highest BCUT2D eigenvalue weighted by Crippen LogP contribution is 2.11. The molecule has 1 heterocycles. The molecule has 0 spiro atoms. The fourth-order valence-corrected chi connectivity index (χ4v) is 1.71. The molecule has 0 amide bonds. The van der Waals surface area contributed by atoms with Crippen LogP contribution in [0.15, 0.2) is 72.0 Å². The maximum absolute atomic E-state index is 11.8. The minimum absolute atomic E-state index is 0.118. The molecule has 19 heavy (non-hydrogen) atoms. The van der Waals surface area contributed by atoms with Crippen molar-refractivity contribution in [3.05, 3.63) is 83.2 Å². The Morgan fingerprint density at radius 1 is 1.05 bits per heavy atom. The van der Waals surface area contributed by atoms with Crippen LogP contribution in [0.25, 0.3) is 6.08 Å². The van der Waals surface area contributed by atoms with E-state index in [1.165, 1.54) is 12.3 Å². The SMILES string of the molecule is O=C(/C=C/C(Cl)=C/c1ccccc1)c1cccnc1. The van der Waals surface area contributed by atoms with E-state index in [2.05, 4.69) is 4.98 Å². The summed E-state index contributed by atoms with van der Waals surface area (Å²) in [6.45, 7) is 0. The predicted molar refractivity (Wildman–Crippen MR) is 78.0 cm³/mol. The second-order valence-corrected chi connectivity index (χ2v) is 4.32. The van der Waals surface area contributed by atoms with Gasteiger partial charge in [-0.1, -0.05) is 41.9 Å². The van der Waals surface area contributed by atoms with Crippen LogP contribution in [0.5, 0.6) is 0 Å². The van der Waals surface area contributed by atoms with E-state index in [1.54, 1.807) is 30.5 Å². The number of rotatable bonds is 4. The lowest BCUT2D eigenvalue weighted by Gasteiger charge is -1.94. The molecule has 94 valence electrons. The number of carbonyl (C=O) groups excluding carboxylic acids is 1. The lowest BCUT2D eigenvalue weighted by Crippen LogP contribution is -1.94. The quantitative estimate of drug-likeness (QED) is 0.475. The smallest absolute Gasteiger partial charge is 0.187 e. The highest BCUT2D eigenvalue weighted by molar-refractivity contribution is 6.33. The molecule has 0 aliphatic heterocycles. The highest BCUT2D eigenvalue weighted by atomic mass is 35.5. The van der Waals surface area contributed by atoms with E-state index < -0.39 is 0 Å². The number of benzene rings is 1. The Balaban J connectivity index is 2.07. The van der Waals surface area contributed by atoms with E-state index in [0.717, 1.165) is 5.56 Å². The Bertz CT molecular complexity index is 603. The standard InChI is InChI=1S/C16H12ClNO/c17-15(11-13-5-2-1-3-6-13)8-9-16(19)14-7-4-10-18-12-14/h1-12H/b9-8+,15-11-. The molecule has 3 heteroatoms. The molecule has 1 aromatic heterocycles. The molecular formula is C16H12ClNO. The Kier molecular flexibility index (Phi) is 4.65. The van der Waals surface area contributed by atoms with E-state index in [9.17, 15) is 4.79 Å². The van der Waals surface area contributed by atoms with Crippen LogP contribution in [0.3, 0.4) is 0 Å². The summed E-state index contributed by atoms with van der Waals surface area (Å²) in [6.07, 6.45) is 7.99. The molecule has 0 fully saturated rings. The number of carbonyl (C=O) groups is 1. The summed E-state index contributed by atoms with van der Waals surface area (Å²) < 4.78 is 0. The highest BCUT2D eigenvalue weighted by Gasteiger charge is 2.00. The van der Waals surface area contributed by atoms with Gasteiger partial charge in [-0.2, -0.15) is 0 Å². The largest absolute Gasteiger partial charge is 0.289 e. The van der Waals surface area contributed by atoms with Crippen molar-refractivity contribution in [3.63, 3.8) is 0 Å². The monoisotopic (exact) mass is 269 g/mol. The molecule has 0 atom stereocenters. The number of allylic oxidation sites excluding steroid dienone is 3. The van der Waals surface area contributed by atoms with Crippen molar-refractivity contribution in [1.82, 2.24) is 4.98 Å². The zero-order chi connectivity index (χ0) is 13.5. The first kappa shape index (κ1) is 13.2. The molecular weight excluding hydrogens is 258 g/mol. The van der Waals surface area contributed by atoms with Crippen molar-refractivity contribution in [1.29, 1.82) is 0 Å². The van der Waals surface area contributed by atoms with Gasteiger partial charge in [0.15, 0.2) is 5.78 Å². The van der Waals surface area contributed by atoms with Gasteiger partial charge in [0, 0.05) is 23.0 Å². The molecule has 0 N–H and O–H groups in total. The minimum atomic E-state index is -0.118. The number of hydrogen-bond acceptors (Lipinski definition) is 2. The zero-order valence-electron chi connectivity index (χ0n) is 10.2. The summed E-state index contributed by atoms with van der Waals surface area (Å²) in [4.78, 5) is 15.7. The molecule has 1 aromatic carbocycles. The summed E-state index contributed by atoms with van der Waals surface area (Å²) in [5, 5.41) is 0.503. The van der Waals surface area contributed by atoms with Crippen molar-refractivity contribution < 1.29 is 4.79 Å². The molecule has 0 saturated heterocycles. The second-order valence-electron chi connectivity index (χ2n) is 3.88. The average Bonchev–Trinajstić information content (AvgIpc) is 2.47. The van der Waals surface area contributed by atoms with Gasteiger partial charge in [-0.3, -0.25) is 9.78 Å². The molecule has 0 saturated carbocycles. The number of hydrogen-bond donors (Lipinski definition) is 0. The fourth-order valence-electron chi connectivity index (χ4n) is 1.52. The number of pyridine rings is 1. The van der Waals surface area contributed by atoms with Gasteiger partial charge in [0.2, 0.25) is 0 Å². The van der Waals surface area contributed by atoms with Gasteiger partial charge in [-0.05, 0) is 35.9 Å². The zero-order valence-corrected chi connectivity index (χ0v) is 10.9. The Labute approximate surface area is 117 Å². The summed E-state index contributed by atoms with van der Waals surface area (Å²) in [5.74, 6) is -0.118. The molecule has 2 aromatic rings. The van der Waals surface area contributed by atoms with Crippen molar-refractivity contribution in [3.8, 4) is 0 Å². The third kappa shape index (κ3) is 4.19. The summed E-state index contributed by atoms with van der Waals surface area (Å²) in [7, 11) is 0. The molecule has 0 aliphatic rings. The van der Waals surface area contributed by atoms with Gasteiger partial charge >= 0.3 is 0 Å². The first-order valence-corrected chi connectivity index (χ1v) is 6.18. The third-order valence-electron chi connectivity index (χ3n) is 2.44. The second kappa shape index (κ2) is 6.66. The van der Waals surface area contributed by atoms with Gasteiger partial charge in [0.1, 0.15) is 0 Å². The van der Waals surface area contributed by atoms with Gasteiger partial charge in [-0.25, -0.2) is 0 Å². The normalized spacial score (nSPS) is 11.7. The molecule has 0 radical (unpaired) electrons. The molecule has 2 rings (SSSR count). The van der Waals surface area contributed by atoms with E-state index in [0.29, 0.717) is 10.6 Å². The van der Waals surface area contributed by atoms with Gasteiger partial charge in [0.05, 0.1) is 0 Å². The summed E-state index contributed by atoms with van der Waals surface area (Å²) in [6, 6.07) is 13.1. The number of halogens is 1. The lowest BCUT2D eigenvalue weighted by molar-refractivity contribution is 0.104. The van der Waals surface area contributed by atoms with Crippen LogP contribution in [0.4, 0.5) is 0 Å². The summed E-state index contributed by atoms with van der Waals surface area (Å²) in [5.41, 5.74) is 1.54. The van der Waals surface area contributed by atoms with Crippen molar-refractivity contribution in [2.45, 2.75) is 0 Å². The van der Waals surface area contributed by atoms with E-state index in [4.69, 9.17) is 11.6 Å². The number of nitrogens with zero attached hydrogens (tertiary/aromatic N) is 1. The van der Waals surface area contributed by atoms with Gasteiger partial charge in [0.25, 0.3) is 0 Å². The van der Waals surface area contributed by atoms with E-state index >= 15 is 0 Å². The number of aromatic nitrogens is 1. The molecule has 0 aliphatic carbocycles. The van der Waals surface area contributed by atoms with E-state index in [-0.39, 0.29) is 5.78 Å². The van der Waals surface area contributed by atoms with Gasteiger partial charge < -0.3 is 0 Å². The van der Waals surface area contributed by atoms with Crippen LogP contribution in [0, 0.1) is 0 Å². The Morgan fingerprint density at radius 2 is 1.84 bits per heavy atom. The van der Waals surface area contributed by atoms with Crippen LogP contribution < -0.4 is 0 Å². The minimum Gasteiger partial charge on any atom is -0.289 e. The Morgan fingerprint density at radius 3 is 2.53 bits per heavy atom.